The average molecular weight is 342 g/mol. The van der Waals surface area contributed by atoms with Crippen LogP contribution in [-0.2, 0) is 4.74 Å². The van der Waals surface area contributed by atoms with Gasteiger partial charge in [0, 0.05) is 31.2 Å². The van der Waals surface area contributed by atoms with Gasteiger partial charge in [-0.2, -0.15) is 0 Å². The summed E-state index contributed by atoms with van der Waals surface area (Å²) in [4.78, 5) is 14.0. The van der Waals surface area contributed by atoms with Gasteiger partial charge in [0.25, 0.3) is 0 Å². The Labute approximate surface area is 142 Å². The van der Waals surface area contributed by atoms with Crippen molar-refractivity contribution in [1.82, 2.24) is 15.5 Å². The van der Waals surface area contributed by atoms with Crippen LogP contribution in [0, 0.1) is 13.8 Å². The van der Waals surface area contributed by atoms with Gasteiger partial charge in [0.1, 0.15) is 5.75 Å². The lowest BCUT2D eigenvalue weighted by molar-refractivity contribution is 0.0387. The first-order valence-electron chi connectivity index (χ1n) is 7.77. The van der Waals surface area contributed by atoms with Gasteiger partial charge in [-0.3, -0.25) is 4.90 Å². The number of aryl methyl sites for hydroxylation is 2. The van der Waals surface area contributed by atoms with Gasteiger partial charge in [-0.05, 0) is 37.1 Å². The van der Waals surface area contributed by atoms with Crippen molar-refractivity contribution in [2.45, 2.75) is 13.8 Å². The van der Waals surface area contributed by atoms with Crippen LogP contribution in [0.2, 0.25) is 5.02 Å². The molecule has 1 aliphatic heterocycles. The largest absolute Gasteiger partial charge is 0.473 e. The van der Waals surface area contributed by atoms with Crippen molar-refractivity contribution in [3.8, 4) is 5.75 Å². The first-order chi connectivity index (χ1) is 11.1. The van der Waals surface area contributed by atoms with Crippen molar-refractivity contribution in [2.75, 3.05) is 46.1 Å². The zero-order chi connectivity index (χ0) is 16.7. The van der Waals surface area contributed by atoms with E-state index in [0.29, 0.717) is 12.3 Å². The normalized spacial score (nSPS) is 15.3. The third-order valence-electron chi connectivity index (χ3n) is 3.70. The second kappa shape index (κ2) is 8.96. The summed E-state index contributed by atoms with van der Waals surface area (Å²) in [7, 11) is 0. The van der Waals surface area contributed by atoms with Gasteiger partial charge in [0.2, 0.25) is 0 Å². The topological polar surface area (TPSA) is 62.8 Å². The molecule has 1 saturated heterocycles. The Hall–Kier alpha value is -1.50. The number of rotatable bonds is 6. The fourth-order valence-corrected chi connectivity index (χ4v) is 2.50. The predicted molar refractivity (Wildman–Crippen MR) is 90.2 cm³/mol. The summed E-state index contributed by atoms with van der Waals surface area (Å²) >= 11 is 6.11. The van der Waals surface area contributed by atoms with Gasteiger partial charge in [-0.15, -0.1) is 0 Å². The van der Waals surface area contributed by atoms with Crippen molar-refractivity contribution in [3.05, 3.63) is 28.3 Å². The van der Waals surface area contributed by atoms with E-state index in [0.717, 1.165) is 49.0 Å². The third kappa shape index (κ3) is 5.89. The van der Waals surface area contributed by atoms with Crippen LogP contribution in [0.4, 0.5) is 4.79 Å². The molecule has 128 valence electrons. The molecule has 0 spiro atoms. The minimum atomic E-state index is -0.235. The van der Waals surface area contributed by atoms with Gasteiger partial charge in [-0.1, -0.05) is 11.6 Å². The Balaban J connectivity index is 1.62. The SMILES string of the molecule is Cc1cc(OCNC(=O)NCCN2CCOCC2)cc(C)c1Cl. The number of halogens is 1. The summed E-state index contributed by atoms with van der Waals surface area (Å²) in [6.07, 6.45) is 0. The van der Waals surface area contributed by atoms with Crippen molar-refractivity contribution >= 4 is 17.6 Å². The lowest BCUT2D eigenvalue weighted by atomic mass is 10.1. The van der Waals surface area contributed by atoms with Gasteiger partial charge < -0.3 is 20.1 Å². The fourth-order valence-electron chi connectivity index (χ4n) is 2.39. The van der Waals surface area contributed by atoms with Crippen molar-refractivity contribution in [1.29, 1.82) is 0 Å². The number of carbonyl (C=O) groups excluding carboxylic acids is 1. The summed E-state index contributed by atoms with van der Waals surface area (Å²) in [6, 6.07) is 3.47. The molecule has 0 atom stereocenters. The summed E-state index contributed by atoms with van der Waals surface area (Å²) in [6.45, 7) is 8.76. The number of hydrogen-bond donors (Lipinski definition) is 2. The van der Waals surface area contributed by atoms with Gasteiger partial charge in [0.05, 0.1) is 13.2 Å². The van der Waals surface area contributed by atoms with E-state index in [1.54, 1.807) is 0 Å². The number of urea groups is 1. The molecule has 2 rings (SSSR count). The molecule has 7 heteroatoms. The highest BCUT2D eigenvalue weighted by atomic mass is 35.5. The minimum absolute atomic E-state index is 0.115. The van der Waals surface area contributed by atoms with Crippen LogP contribution in [0.25, 0.3) is 0 Å². The number of benzene rings is 1. The maximum absolute atomic E-state index is 11.7. The lowest BCUT2D eigenvalue weighted by Gasteiger charge is -2.26. The molecule has 0 radical (unpaired) electrons. The molecule has 1 fully saturated rings. The van der Waals surface area contributed by atoms with Crippen LogP contribution in [0.5, 0.6) is 5.75 Å². The van der Waals surface area contributed by atoms with Gasteiger partial charge >= 0.3 is 6.03 Å². The van der Waals surface area contributed by atoms with E-state index in [1.165, 1.54) is 0 Å². The number of amides is 2. The standard InChI is InChI=1S/C16H24ClN3O3/c1-12-9-14(10-13(2)15(12)17)23-11-19-16(21)18-3-4-20-5-7-22-8-6-20/h9-10H,3-8,11H2,1-2H3,(H2,18,19,21). The number of nitrogens with zero attached hydrogens (tertiary/aromatic N) is 1. The number of carbonyl (C=O) groups is 1. The molecule has 23 heavy (non-hydrogen) atoms. The molecular formula is C16H24ClN3O3. The van der Waals surface area contributed by atoms with Crippen molar-refractivity contribution in [3.63, 3.8) is 0 Å². The van der Waals surface area contributed by atoms with E-state index in [-0.39, 0.29) is 12.8 Å². The molecule has 2 amide bonds. The summed E-state index contributed by atoms with van der Waals surface area (Å²) < 4.78 is 10.8. The first-order valence-corrected chi connectivity index (χ1v) is 8.15. The molecule has 1 aromatic rings. The molecule has 6 nitrogen and oxygen atoms in total. The fraction of sp³-hybridized carbons (Fsp3) is 0.562. The predicted octanol–water partition coefficient (Wildman–Crippen LogP) is 1.92. The Morgan fingerprint density at radius 3 is 2.57 bits per heavy atom. The number of nitrogens with one attached hydrogen (secondary N) is 2. The summed E-state index contributed by atoms with van der Waals surface area (Å²) in [5, 5.41) is 6.23. The summed E-state index contributed by atoms with van der Waals surface area (Å²) in [5.74, 6) is 0.693. The zero-order valence-electron chi connectivity index (χ0n) is 13.7. The van der Waals surface area contributed by atoms with E-state index >= 15 is 0 Å². The van der Waals surface area contributed by atoms with Crippen LogP contribution in [0.3, 0.4) is 0 Å². The highest BCUT2D eigenvalue weighted by Gasteiger charge is 2.10. The van der Waals surface area contributed by atoms with Gasteiger partial charge in [-0.25, -0.2) is 4.79 Å². The van der Waals surface area contributed by atoms with E-state index in [2.05, 4.69) is 15.5 Å². The average Bonchev–Trinajstić information content (AvgIpc) is 2.53. The Morgan fingerprint density at radius 2 is 1.91 bits per heavy atom. The molecule has 0 aliphatic carbocycles. The highest BCUT2D eigenvalue weighted by Crippen LogP contribution is 2.25. The number of morpholine rings is 1. The molecular weight excluding hydrogens is 318 g/mol. The maximum atomic E-state index is 11.7. The van der Waals surface area contributed by atoms with Crippen LogP contribution in [-0.4, -0.2) is 57.1 Å². The second-order valence-corrected chi connectivity index (χ2v) is 5.92. The number of hydrogen-bond acceptors (Lipinski definition) is 4. The monoisotopic (exact) mass is 341 g/mol. The van der Waals surface area contributed by atoms with Crippen LogP contribution in [0.15, 0.2) is 12.1 Å². The van der Waals surface area contributed by atoms with E-state index in [1.807, 2.05) is 26.0 Å². The smallest absolute Gasteiger partial charge is 0.317 e. The van der Waals surface area contributed by atoms with Crippen LogP contribution in [0.1, 0.15) is 11.1 Å². The molecule has 0 unspecified atom stereocenters. The van der Waals surface area contributed by atoms with Gasteiger partial charge in [0.15, 0.2) is 6.73 Å². The third-order valence-corrected chi connectivity index (χ3v) is 4.29. The molecule has 0 bridgehead atoms. The van der Waals surface area contributed by atoms with Crippen molar-refractivity contribution in [2.24, 2.45) is 0 Å². The molecule has 0 aromatic heterocycles. The Kier molecular flexibility index (Phi) is 6.95. The minimum Gasteiger partial charge on any atom is -0.473 e. The van der Waals surface area contributed by atoms with Crippen LogP contribution < -0.4 is 15.4 Å². The lowest BCUT2D eigenvalue weighted by Crippen LogP contribution is -2.44. The molecule has 0 saturated carbocycles. The quantitative estimate of drug-likeness (QED) is 0.776. The highest BCUT2D eigenvalue weighted by molar-refractivity contribution is 6.32. The molecule has 1 aliphatic rings. The van der Waals surface area contributed by atoms with E-state index in [4.69, 9.17) is 21.1 Å². The van der Waals surface area contributed by atoms with Crippen LogP contribution >= 0.6 is 11.6 Å². The van der Waals surface area contributed by atoms with E-state index < -0.39 is 0 Å². The zero-order valence-corrected chi connectivity index (χ0v) is 14.4. The molecule has 1 aromatic carbocycles. The Morgan fingerprint density at radius 1 is 1.26 bits per heavy atom. The van der Waals surface area contributed by atoms with E-state index in [9.17, 15) is 4.79 Å². The molecule has 2 N–H and O–H groups in total. The summed E-state index contributed by atoms with van der Waals surface area (Å²) in [5.41, 5.74) is 1.91. The second-order valence-electron chi connectivity index (χ2n) is 5.55. The maximum Gasteiger partial charge on any atom is 0.317 e. The van der Waals surface area contributed by atoms with Crippen molar-refractivity contribution < 1.29 is 14.3 Å². The number of ether oxygens (including phenoxy) is 2. The molecule has 1 heterocycles. The first kappa shape index (κ1) is 17.8. The Bertz CT molecular complexity index is 510.